The molecule has 0 unspecified atom stereocenters. The van der Waals surface area contributed by atoms with Crippen molar-refractivity contribution in [2.75, 3.05) is 0 Å². The van der Waals surface area contributed by atoms with Gasteiger partial charge in [0.2, 0.25) is 18.0 Å². The van der Waals surface area contributed by atoms with Crippen LogP contribution in [0.2, 0.25) is 0 Å². The molecule has 186 valence electrons. The van der Waals surface area contributed by atoms with Gasteiger partial charge in [0.1, 0.15) is 5.75 Å². The van der Waals surface area contributed by atoms with Crippen LogP contribution >= 0.6 is 0 Å². The second kappa shape index (κ2) is 9.44. The first-order valence-electron chi connectivity index (χ1n) is 12.2. The molecule has 38 heavy (non-hydrogen) atoms. The number of amides is 1. The second-order valence-electron chi connectivity index (χ2n) is 8.97. The minimum atomic E-state index is -0.845. The zero-order valence-corrected chi connectivity index (χ0v) is 20.8. The molecule has 6 rings (SSSR count). The molecule has 0 saturated carbocycles. The molecule has 5 aromatic rings. The number of rotatable bonds is 4. The number of esters is 1. The maximum absolute atomic E-state index is 12.9. The Balaban J connectivity index is 1.53. The first-order chi connectivity index (χ1) is 18.5. The number of benzene rings is 4. The molecule has 1 aliphatic heterocycles. The van der Waals surface area contributed by atoms with Gasteiger partial charge in [0.15, 0.2) is 0 Å². The fraction of sp³-hybridized carbons (Fsp3) is 0.0968. The highest BCUT2D eigenvalue weighted by atomic mass is 16.5. The molecular formula is C31H23N3O4. The van der Waals surface area contributed by atoms with Crippen LogP contribution in [-0.2, 0) is 14.3 Å². The molecule has 0 fully saturated rings. The van der Waals surface area contributed by atoms with Gasteiger partial charge in [-0.3, -0.25) is 9.59 Å². The Hall–Kier alpha value is -5.04. The van der Waals surface area contributed by atoms with Crippen LogP contribution in [0, 0.1) is 0 Å². The molecule has 0 N–H and O–H groups in total. The van der Waals surface area contributed by atoms with Gasteiger partial charge < -0.3 is 9.47 Å². The summed E-state index contributed by atoms with van der Waals surface area (Å²) in [5.41, 5.74) is 3.73. The van der Waals surface area contributed by atoms with E-state index in [1.54, 1.807) is 6.07 Å². The molecule has 0 saturated heterocycles. The van der Waals surface area contributed by atoms with Crippen LogP contribution in [0.3, 0.4) is 0 Å². The van der Waals surface area contributed by atoms with Crippen molar-refractivity contribution < 1.29 is 19.1 Å². The largest absolute Gasteiger partial charge is 0.446 e. The summed E-state index contributed by atoms with van der Waals surface area (Å²) in [5, 5.41) is 8.49. The van der Waals surface area contributed by atoms with Gasteiger partial charge in [0, 0.05) is 30.4 Å². The fourth-order valence-corrected chi connectivity index (χ4v) is 4.74. The Morgan fingerprint density at radius 3 is 2.32 bits per heavy atom. The van der Waals surface area contributed by atoms with E-state index in [-0.39, 0.29) is 11.8 Å². The van der Waals surface area contributed by atoms with E-state index in [4.69, 9.17) is 14.5 Å². The van der Waals surface area contributed by atoms with Crippen molar-refractivity contribution in [1.29, 1.82) is 0 Å². The van der Waals surface area contributed by atoms with Crippen LogP contribution in [0.4, 0.5) is 0 Å². The topological polar surface area (TPSA) is 81.1 Å². The number of aromatic nitrogens is 1. The minimum absolute atomic E-state index is 0.195. The monoisotopic (exact) mass is 501 g/mol. The Labute approximate surface area is 218 Å². The van der Waals surface area contributed by atoms with Crippen molar-refractivity contribution in [3.05, 3.63) is 108 Å². The SMILES string of the molecule is CC(=O)Oc1ccc2ccccc2c1C1=NN(C(C)=O)[C@@H](c2cc(-c3ccccc3)nc3ccccc23)O1. The summed E-state index contributed by atoms with van der Waals surface area (Å²) in [5.74, 6) is -0.252. The van der Waals surface area contributed by atoms with E-state index in [0.717, 1.165) is 38.5 Å². The molecule has 1 aromatic heterocycles. The molecule has 0 spiro atoms. The van der Waals surface area contributed by atoms with Crippen LogP contribution < -0.4 is 4.74 Å². The normalized spacial score (nSPS) is 14.8. The van der Waals surface area contributed by atoms with Gasteiger partial charge >= 0.3 is 5.97 Å². The number of ether oxygens (including phenoxy) is 2. The Morgan fingerprint density at radius 2 is 1.55 bits per heavy atom. The Morgan fingerprint density at radius 1 is 0.842 bits per heavy atom. The van der Waals surface area contributed by atoms with E-state index < -0.39 is 12.2 Å². The summed E-state index contributed by atoms with van der Waals surface area (Å²) in [4.78, 5) is 29.6. The molecule has 0 bridgehead atoms. The number of para-hydroxylation sites is 1. The van der Waals surface area contributed by atoms with E-state index in [0.29, 0.717) is 11.3 Å². The smallest absolute Gasteiger partial charge is 0.308 e. The molecule has 1 aliphatic rings. The van der Waals surface area contributed by atoms with Gasteiger partial charge in [-0.05, 0) is 29.0 Å². The van der Waals surface area contributed by atoms with E-state index >= 15 is 0 Å². The molecule has 7 heteroatoms. The first-order valence-corrected chi connectivity index (χ1v) is 12.2. The molecule has 7 nitrogen and oxygen atoms in total. The quantitative estimate of drug-likeness (QED) is 0.216. The van der Waals surface area contributed by atoms with E-state index in [1.165, 1.54) is 18.9 Å². The Bertz CT molecular complexity index is 1750. The summed E-state index contributed by atoms with van der Waals surface area (Å²) in [6, 6.07) is 30.8. The molecular weight excluding hydrogens is 478 g/mol. The van der Waals surface area contributed by atoms with Crippen LogP contribution in [0.25, 0.3) is 32.9 Å². The molecule has 1 atom stereocenters. The summed E-state index contributed by atoms with van der Waals surface area (Å²) in [6.07, 6.45) is -0.845. The zero-order valence-electron chi connectivity index (χ0n) is 20.8. The lowest BCUT2D eigenvalue weighted by Gasteiger charge is -2.22. The average Bonchev–Trinajstić information content (AvgIpc) is 3.38. The predicted octanol–water partition coefficient (Wildman–Crippen LogP) is 6.22. The summed E-state index contributed by atoms with van der Waals surface area (Å²) in [7, 11) is 0. The summed E-state index contributed by atoms with van der Waals surface area (Å²) in [6.45, 7) is 2.79. The summed E-state index contributed by atoms with van der Waals surface area (Å²) < 4.78 is 12.0. The van der Waals surface area contributed by atoms with Gasteiger partial charge in [0.05, 0.1) is 16.8 Å². The first kappa shape index (κ1) is 23.4. The lowest BCUT2D eigenvalue weighted by molar-refractivity contribution is -0.135. The Kier molecular flexibility index (Phi) is 5.81. The highest BCUT2D eigenvalue weighted by Gasteiger charge is 2.36. The number of nitrogens with zero attached hydrogens (tertiary/aromatic N) is 3. The van der Waals surface area contributed by atoms with Crippen molar-refractivity contribution in [2.24, 2.45) is 5.10 Å². The summed E-state index contributed by atoms with van der Waals surface area (Å²) >= 11 is 0. The molecule has 0 radical (unpaired) electrons. The van der Waals surface area contributed by atoms with Crippen LogP contribution in [-0.4, -0.2) is 27.8 Å². The third-order valence-electron chi connectivity index (χ3n) is 6.41. The molecule has 0 aliphatic carbocycles. The standard InChI is InChI=1S/C31H23N3O4/c1-19(35)34-31(25-18-27(22-11-4-3-5-12-22)32-26-15-9-8-14-24(25)26)38-30(33-34)29-23-13-7-6-10-21(23)16-17-28(29)37-20(2)36/h3-18,31H,1-2H3/t31-/m1/s1. The third-order valence-corrected chi connectivity index (χ3v) is 6.41. The van der Waals surface area contributed by atoms with Gasteiger partial charge in [-0.25, -0.2) is 4.98 Å². The number of pyridine rings is 1. The second-order valence-corrected chi connectivity index (χ2v) is 8.97. The van der Waals surface area contributed by atoms with Crippen LogP contribution in [0.15, 0.2) is 102 Å². The zero-order chi connectivity index (χ0) is 26.2. The number of carbonyl (C=O) groups is 2. The van der Waals surface area contributed by atoms with Crippen molar-refractivity contribution in [1.82, 2.24) is 9.99 Å². The number of hydrogen-bond donors (Lipinski definition) is 0. The average molecular weight is 502 g/mol. The van der Waals surface area contributed by atoms with Gasteiger partial charge in [-0.15, -0.1) is 5.10 Å². The van der Waals surface area contributed by atoms with E-state index in [9.17, 15) is 9.59 Å². The third kappa shape index (κ3) is 4.14. The van der Waals surface area contributed by atoms with E-state index in [2.05, 4.69) is 5.10 Å². The molecule has 4 aromatic carbocycles. The maximum Gasteiger partial charge on any atom is 0.308 e. The predicted molar refractivity (Wildman–Crippen MR) is 145 cm³/mol. The van der Waals surface area contributed by atoms with Crippen LogP contribution in [0.1, 0.15) is 31.2 Å². The molecule has 1 amide bonds. The van der Waals surface area contributed by atoms with E-state index in [1.807, 2.05) is 91.0 Å². The fourth-order valence-electron chi connectivity index (χ4n) is 4.74. The van der Waals surface area contributed by atoms with Crippen molar-refractivity contribution in [3.8, 4) is 17.0 Å². The maximum atomic E-state index is 12.9. The van der Waals surface area contributed by atoms with Gasteiger partial charge in [0.25, 0.3) is 0 Å². The van der Waals surface area contributed by atoms with Crippen molar-refractivity contribution in [2.45, 2.75) is 20.1 Å². The lowest BCUT2D eigenvalue weighted by atomic mass is 10.0. The highest BCUT2D eigenvalue weighted by Crippen LogP contribution is 2.39. The lowest BCUT2D eigenvalue weighted by Crippen LogP contribution is -2.25. The van der Waals surface area contributed by atoms with Crippen molar-refractivity contribution >= 4 is 39.4 Å². The number of hydrogen-bond acceptors (Lipinski definition) is 6. The minimum Gasteiger partial charge on any atom is -0.446 e. The van der Waals surface area contributed by atoms with Crippen LogP contribution in [0.5, 0.6) is 5.75 Å². The van der Waals surface area contributed by atoms with Gasteiger partial charge in [-0.2, -0.15) is 5.01 Å². The highest BCUT2D eigenvalue weighted by molar-refractivity contribution is 6.10. The number of fused-ring (bicyclic) bond motifs is 2. The number of carbonyl (C=O) groups excluding carboxylic acids is 2. The number of hydrazone groups is 1. The van der Waals surface area contributed by atoms with Crippen molar-refractivity contribution in [3.63, 3.8) is 0 Å². The molecule has 2 heterocycles. The van der Waals surface area contributed by atoms with Gasteiger partial charge in [-0.1, -0.05) is 78.9 Å².